The Bertz CT molecular complexity index is 781. The highest BCUT2D eigenvalue weighted by Gasteiger charge is 2.11. The lowest BCUT2D eigenvalue weighted by molar-refractivity contribution is -0.121. The first kappa shape index (κ1) is 15.4. The normalized spacial score (nSPS) is 10.7. The number of nitrogens with zero attached hydrogens (tertiary/aromatic N) is 2. The molecule has 0 aliphatic rings. The van der Waals surface area contributed by atoms with E-state index in [1.54, 1.807) is 11.3 Å². The lowest BCUT2D eigenvalue weighted by Gasteiger charge is -2.07. The molecule has 0 spiro atoms. The molecule has 0 radical (unpaired) electrons. The van der Waals surface area contributed by atoms with Crippen LogP contribution in [0.3, 0.4) is 0 Å². The molecule has 2 heterocycles. The average molecular weight is 327 g/mol. The summed E-state index contributed by atoms with van der Waals surface area (Å²) in [4.78, 5) is 12.9. The van der Waals surface area contributed by atoms with Gasteiger partial charge in [-0.2, -0.15) is 0 Å². The molecular weight excluding hydrogens is 310 g/mol. The van der Waals surface area contributed by atoms with Gasteiger partial charge in [-0.1, -0.05) is 30.3 Å². The Labute approximate surface area is 138 Å². The lowest BCUT2D eigenvalue weighted by atomic mass is 10.1. The molecule has 0 fully saturated rings. The van der Waals surface area contributed by atoms with Gasteiger partial charge in [0.25, 0.3) is 5.89 Å². The monoisotopic (exact) mass is 327 g/mol. The minimum Gasteiger partial charge on any atom is -0.420 e. The molecular formula is C17H17N3O2S. The van der Waals surface area contributed by atoms with Crippen molar-refractivity contribution in [1.29, 1.82) is 0 Å². The molecule has 0 saturated heterocycles. The number of carbonyl (C=O) groups excluding carboxylic acids is 1. The van der Waals surface area contributed by atoms with Gasteiger partial charge in [0.1, 0.15) is 0 Å². The summed E-state index contributed by atoms with van der Waals surface area (Å²) in [5.41, 5.74) is 2.30. The van der Waals surface area contributed by atoms with Gasteiger partial charge in [-0.3, -0.25) is 4.79 Å². The van der Waals surface area contributed by atoms with Gasteiger partial charge in [0, 0.05) is 19.4 Å². The van der Waals surface area contributed by atoms with E-state index in [9.17, 15) is 4.79 Å². The molecule has 1 aromatic carbocycles. The summed E-state index contributed by atoms with van der Waals surface area (Å²) in [5.74, 6) is 0.971. The summed E-state index contributed by atoms with van der Waals surface area (Å²) in [7, 11) is 0. The van der Waals surface area contributed by atoms with Gasteiger partial charge in [0.2, 0.25) is 11.8 Å². The molecule has 1 amide bonds. The van der Waals surface area contributed by atoms with Gasteiger partial charge >= 0.3 is 0 Å². The van der Waals surface area contributed by atoms with Crippen molar-refractivity contribution in [2.24, 2.45) is 0 Å². The maximum atomic E-state index is 11.9. The van der Waals surface area contributed by atoms with Crippen LogP contribution in [-0.2, 0) is 17.8 Å². The minimum absolute atomic E-state index is 0.0240. The first-order chi connectivity index (χ1) is 11.2. The van der Waals surface area contributed by atoms with Crippen molar-refractivity contribution >= 4 is 17.2 Å². The van der Waals surface area contributed by atoms with E-state index in [4.69, 9.17) is 4.42 Å². The zero-order valence-corrected chi connectivity index (χ0v) is 13.6. The van der Waals surface area contributed by atoms with E-state index in [0.717, 1.165) is 10.4 Å². The van der Waals surface area contributed by atoms with Crippen molar-refractivity contribution < 1.29 is 9.21 Å². The molecule has 6 heteroatoms. The number of hydrogen-bond donors (Lipinski definition) is 1. The summed E-state index contributed by atoms with van der Waals surface area (Å²) in [6.45, 7) is 2.57. The fraction of sp³-hybridized carbons (Fsp3) is 0.235. The molecule has 0 bridgehead atoms. The second kappa shape index (κ2) is 7.19. The molecule has 0 unspecified atom stereocenters. The van der Waals surface area contributed by atoms with Crippen LogP contribution < -0.4 is 5.32 Å². The van der Waals surface area contributed by atoms with Crippen LogP contribution in [0.5, 0.6) is 0 Å². The Morgan fingerprint density at radius 3 is 2.87 bits per heavy atom. The second-order valence-electron chi connectivity index (χ2n) is 5.18. The van der Waals surface area contributed by atoms with Gasteiger partial charge in [-0.15, -0.1) is 21.5 Å². The second-order valence-corrected chi connectivity index (χ2v) is 6.13. The number of amides is 1. The van der Waals surface area contributed by atoms with Crippen molar-refractivity contribution in [1.82, 2.24) is 15.5 Å². The molecule has 118 valence electrons. The van der Waals surface area contributed by atoms with Crippen LogP contribution in [0.15, 0.2) is 46.2 Å². The summed E-state index contributed by atoms with van der Waals surface area (Å²) >= 11 is 1.55. The molecule has 1 N–H and O–H groups in total. The van der Waals surface area contributed by atoms with Crippen LogP contribution in [-0.4, -0.2) is 16.1 Å². The fourth-order valence-corrected chi connectivity index (χ4v) is 2.81. The van der Waals surface area contributed by atoms with E-state index in [2.05, 4.69) is 15.5 Å². The third kappa shape index (κ3) is 4.04. The first-order valence-electron chi connectivity index (χ1n) is 7.40. The predicted molar refractivity (Wildman–Crippen MR) is 89.0 cm³/mol. The number of benzene rings is 1. The SMILES string of the molecule is Cc1ccccc1CNC(=O)CCc1nnc(-c2cccs2)o1. The summed E-state index contributed by atoms with van der Waals surface area (Å²) in [5, 5.41) is 12.9. The molecule has 3 rings (SSSR count). The molecule has 0 aliphatic heterocycles. The number of carbonyl (C=O) groups is 1. The third-order valence-electron chi connectivity index (χ3n) is 3.50. The highest BCUT2D eigenvalue weighted by molar-refractivity contribution is 7.13. The lowest BCUT2D eigenvalue weighted by Crippen LogP contribution is -2.23. The van der Waals surface area contributed by atoms with E-state index < -0.39 is 0 Å². The maximum absolute atomic E-state index is 11.9. The Morgan fingerprint density at radius 1 is 1.22 bits per heavy atom. The zero-order valence-electron chi connectivity index (χ0n) is 12.8. The Hall–Kier alpha value is -2.47. The Morgan fingerprint density at radius 2 is 2.09 bits per heavy atom. The van der Waals surface area contributed by atoms with Gasteiger partial charge in [0.15, 0.2) is 0 Å². The smallest absolute Gasteiger partial charge is 0.257 e. The molecule has 2 aromatic heterocycles. The molecule has 3 aromatic rings. The molecule has 23 heavy (non-hydrogen) atoms. The highest BCUT2D eigenvalue weighted by atomic mass is 32.1. The average Bonchev–Trinajstić information content (AvgIpc) is 3.23. The van der Waals surface area contributed by atoms with E-state index in [1.165, 1.54) is 5.56 Å². The van der Waals surface area contributed by atoms with Gasteiger partial charge in [0.05, 0.1) is 4.88 Å². The van der Waals surface area contributed by atoms with E-state index >= 15 is 0 Å². The summed E-state index contributed by atoms with van der Waals surface area (Å²) in [6.07, 6.45) is 0.774. The number of thiophene rings is 1. The van der Waals surface area contributed by atoms with E-state index in [-0.39, 0.29) is 5.91 Å². The summed E-state index contributed by atoms with van der Waals surface area (Å²) < 4.78 is 5.57. The highest BCUT2D eigenvalue weighted by Crippen LogP contribution is 2.23. The van der Waals surface area contributed by atoms with E-state index in [0.29, 0.717) is 31.2 Å². The predicted octanol–water partition coefficient (Wildman–Crippen LogP) is 3.36. The van der Waals surface area contributed by atoms with Crippen LogP contribution in [0.4, 0.5) is 0 Å². The van der Waals surface area contributed by atoms with E-state index in [1.807, 2.05) is 48.7 Å². The van der Waals surface area contributed by atoms with Crippen molar-refractivity contribution in [3.8, 4) is 10.8 Å². The number of aromatic nitrogens is 2. The molecule has 0 saturated carbocycles. The van der Waals surface area contributed by atoms with Crippen LogP contribution >= 0.6 is 11.3 Å². The third-order valence-corrected chi connectivity index (χ3v) is 4.36. The van der Waals surface area contributed by atoms with Crippen LogP contribution in [0.2, 0.25) is 0 Å². The summed E-state index contributed by atoms with van der Waals surface area (Å²) in [6, 6.07) is 11.9. The van der Waals surface area contributed by atoms with Crippen molar-refractivity contribution in [2.75, 3.05) is 0 Å². The number of nitrogens with one attached hydrogen (secondary N) is 1. The van der Waals surface area contributed by atoms with Crippen LogP contribution in [0, 0.1) is 6.92 Å². The molecule has 0 aliphatic carbocycles. The van der Waals surface area contributed by atoms with Crippen molar-refractivity contribution in [2.45, 2.75) is 26.3 Å². The maximum Gasteiger partial charge on any atom is 0.257 e. The van der Waals surface area contributed by atoms with Crippen molar-refractivity contribution in [3.05, 3.63) is 58.8 Å². The largest absolute Gasteiger partial charge is 0.420 e. The zero-order chi connectivity index (χ0) is 16.1. The topological polar surface area (TPSA) is 68.0 Å². The number of rotatable bonds is 6. The molecule has 5 nitrogen and oxygen atoms in total. The minimum atomic E-state index is -0.0240. The number of aryl methyl sites for hydroxylation is 2. The fourth-order valence-electron chi connectivity index (χ4n) is 2.17. The number of hydrogen-bond acceptors (Lipinski definition) is 5. The van der Waals surface area contributed by atoms with Crippen LogP contribution in [0.1, 0.15) is 23.4 Å². The van der Waals surface area contributed by atoms with Gasteiger partial charge in [-0.25, -0.2) is 0 Å². The van der Waals surface area contributed by atoms with Crippen LogP contribution in [0.25, 0.3) is 10.8 Å². The van der Waals surface area contributed by atoms with Gasteiger partial charge < -0.3 is 9.73 Å². The van der Waals surface area contributed by atoms with Gasteiger partial charge in [-0.05, 0) is 29.5 Å². The van der Waals surface area contributed by atoms with Crippen molar-refractivity contribution in [3.63, 3.8) is 0 Å². The standard InChI is InChI=1S/C17H17N3O2S/c1-12-5-2-3-6-13(12)11-18-15(21)8-9-16-19-20-17(22-16)14-7-4-10-23-14/h2-7,10H,8-9,11H2,1H3,(H,18,21). The first-order valence-corrected chi connectivity index (χ1v) is 8.28. The quantitative estimate of drug-likeness (QED) is 0.754. The molecule has 0 atom stereocenters. The Kier molecular flexibility index (Phi) is 4.83. The Balaban J connectivity index is 1.49.